The van der Waals surface area contributed by atoms with Crippen LogP contribution in [0.2, 0.25) is 0 Å². The largest absolute Gasteiger partial charge is 0.203 e. The third kappa shape index (κ3) is 3.02. The smallest absolute Gasteiger partial charge is 0.166 e. The van der Waals surface area contributed by atoms with Crippen LogP contribution in [0.25, 0.3) is 5.57 Å². The van der Waals surface area contributed by atoms with E-state index in [-0.39, 0.29) is 0 Å². The first-order valence-electron chi connectivity index (χ1n) is 8.39. The molecule has 0 N–H and O–H groups in total. The topological polar surface area (TPSA) is 0 Å². The number of aryl methyl sites for hydroxylation is 1. The fourth-order valence-corrected chi connectivity index (χ4v) is 3.77. The van der Waals surface area contributed by atoms with E-state index < -0.39 is 11.6 Å². The predicted molar refractivity (Wildman–Crippen MR) is 87.4 cm³/mol. The van der Waals surface area contributed by atoms with E-state index in [0.29, 0.717) is 17.0 Å². The molecular weight excluding hydrogens is 278 g/mol. The molecule has 2 aliphatic rings. The molecule has 1 unspecified atom stereocenters. The fraction of sp³-hybridized carbons (Fsp3) is 0.500. The predicted octanol–water partition coefficient (Wildman–Crippen LogP) is 6.06. The standard InChI is InChI=1S/C20H24F2/c1-13-3-6-15(7-4-13)16-8-10-17(11-9-16)18-12-5-14(2)19(21)20(18)22/h5,8,10-13,15-16H,3-4,6-7,9H2,1-2H3/t13-,15-,16?. The van der Waals surface area contributed by atoms with Gasteiger partial charge in [0.2, 0.25) is 0 Å². The van der Waals surface area contributed by atoms with Crippen LogP contribution in [0.5, 0.6) is 0 Å². The number of hydrogen-bond acceptors (Lipinski definition) is 0. The first-order chi connectivity index (χ1) is 10.6. The van der Waals surface area contributed by atoms with Gasteiger partial charge in [-0.1, -0.05) is 50.1 Å². The second-order valence-corrected chi connectivity index (χ2v) is 7.00. The van der Waals surface area contributed by atoms with Crippen molar-refractivity contribution in [3.8, 4) is 0 Å². The average molecular weight is 302 g/mol. The number of allylic oxidation sites excluding steroid dienone is 4. The highest BCUT2D eigenvalue weighted by Crippen LogP contribution is 2.38. The van der Waals surface area contributed by atoms with Gasteiger partial charge in [0.1, 0.15) is 0 Å². The molecule has 0 nitrogen and oxygen atoms in total. The Morgan fingerprint density at radius 2 is 1.73 bits per heavy atom. The molecule has 118 valence electrons. The minimum Gasteiger partial charge on any atom is -0.203 e. The zero-order chi connectivity index (χ0) is 15.7. The van der Waals surface area contributed by atoms with E-state index in [1.807, 2.05) is 6.08 Å². The number of halogens is 2. The van der Waals surface area contributed by atoms with Gasteiger partial charge in [0.25, 0.3) is 0 Å². The van der Waals surface area contributed by atoms with Crippen molar-refractivity contribution >= 4 is 5.57 Å². The first-order valence-corrected chi connectivity index (χ1v) is 8.39. The number of benzene rings is 1. The Morgan fingerprint density at radius 1 is 1.00 bits per heavy atom. The van der Waals surface area contributed by atoms with Gasteiger partial charge in [0.05, 0.1) is 0 Å². The summed E-state index contributed by atoms with van der Waals surface area (Å²) in [4.78, 5) is 0. The van der Waals surface area contributed by atoms with Crippen LogP contribution in [0.4, 0.5) is 8.78 Å². The summed E-state index contributed by atoms with van der Waals surface area (Å²) in [6, 6.07) is 3.34. The summed E-state index contributed by atoms with van der Waals surface area (Å²) < 4.78 is 27.8. The summed E-state index contributed by atoms with van der Waals surface area (Å²) in [5, 5.41) is 0. The van der Waals surface area contributed by atoms with Gasteiger partial charge in [-0.05, 0) is 55.1 Å². The van der Waals surface area contributed by atoms with E-state index in [1.165, 1.54) is 25.7 Å². The van der Waals surface area contributed by atoms with Gasteiger partial charge in [-0.25, -0.2) is 8.78 Å². The molecule has 0 saturated heterocycles. The lowest BCUT2D eigenvalue weighted by molar-refractivity contribution is 0.240. The van der Waals surface area contributed by atoms with Crippen LogP contribution in [0, 0.1) is 36.3 Å². The maximum Gasteiger partial charge on any atom is 0.166 e. The Morgan fingerprint density at radius 3 is 2.36 bits per heavy atom. The molecule has 1 atom stereocenters. The van der Waals surface area contributed by atoms with Crippen molar-refractivity contribution in [1.29, 1.82) is 0 Å². The lowest BCUT2D eigenvalue weighted by Crippen LogP contribution is -2.20. The van der Waals surface area contributed by atoms with Gasteiger partial charge < -0.3 is 0 Å². The van der Waals surface area contributed by atoms with Crippen LogP contribution >= 0.6 is 0 Å². The van der Waals surface area contributed by atoms with Gasteiger partial charge in [-0.15, -0.1) is 0 Å². The third-order valence-corrected chi connectivity index (χ3v) is 5.39. The zero-order valence-electron chi connectivity index (χ0n) is 13.4. The molecule has 22 heavy (non-hydrogen) atoms. The van der Waals surface area contributed by atoms with Gasteiger partial charge >= 0.3 is 0 Å². The van der Waals surface area contributed by atoms with Crippen LogP contribution in [-0.4, -0.2) is 0 Å². The normalized spacial score (nSPS) is 28.5. The molecule has 2 aliphatic carbocycles. The SMILES string of the molecule is Cc1ccc(C2=CCC([C@H]3CC[C@H](C)CC3)C=C2)c(F)c1F. The van der Waals surface area contributed by atoms with Crippen LogP contribution < -0.4 is 0 Å². The number of rotatable bonds is 2. The Balaban J connectivity index is 1.72. The lowest BCUT2D eigenvalue weighted by atomic mass is 9.73. The molecule has 3 rings (SSSR count). The quantitative estimate of drug-likeness (QED) is 0.623. The monoisotopic (exact) mass is 302 g/mol. The maximum absolute atomic E-state index is 14.1. The van der Waals surface area contributed by atoms with E-state index in [2.05, 4.69) is 19.1 Å². The Bertz CT molecular complexity index is 604. The molecule has 1 saturated carbocycles. The van der Waals surface area contributed by atoms with Crippen molar-refractivity contribution in [1.82, 2.24) is 0 Å². The molecule has 1 aromatic carbocycles. The van der Waals surface area contributed by atoms with Crippen molar-refractivity contribution in [3.63, 3.8) is 0 Å². The zero-order valence-corrected chi connectivity index (χ0v) is 13.4. The van der Waals surface area contributed by atoms with Crippen molar-refractivity contribution in [3.05, 3.63) is 53.1 Å². The third-order valence-electron chi connectivity index (χ3n) is 5.39. The molecule has 0 amide bonds. The minimum atomic E-state index is -0.727. The molecule has 0 aromatic heterocycles. The Hall–Kier alpha value is -1.44. The van der Waals surface area contributed by atoms with E-state index in [9.17, 15) is 8.78 Å². The van der Waals surface area contributed by atoms with Gasteiger partial charge in [0.15, 0.2) is 11.6 Å². The molecule has 0 spiro atoms. The van der Waals surface area contributed by atoms with Crippen molar-refractivity contribution in [2.75, 3.05) is 0 Å². The summed E-state index contributed by atoms with van der Waals surface area (Å²) in [7, 11) is 0. The van der Waals surface area contributed by atoms with Crippen molar-refractivity contribution in [2.45, 2.75) is 46.0 Å². The molecular formula is C20H24F2. The summed E-state index contributed by atoms with van der Waals surface area (Å²) in [6.07, 6.45) is 12.5. The molecule has 0 radical (unpaired) electrons. The maximum atomic E-state index is 14.1. The highest BCUT2D eigenvalue weighted by Gasteiger charge is 2.25. The second kappa shape index (κ2) is 6.36. The molecule has 0 bridgehead atoms. The average Bonchev–Trinajstić information content (AvgIpc) is 2.54. The first kappa shape index (κ1) is 15.5. The molecule has 2 heteroatoms. The fourth-order valence-electron chi connectivity index (χ4n) is 3.77. The summed E-state index contributed by atoms with van der Waals surface area (Å²) >= 11 is 0. The summed E-state index contributed by atoms with van der Waals surface area (Å²) in [5.41, 5.74) is 1.56. The van der Waals surface area contributed by atoms with Crippen LogP contribution in [0.15, 0.2) is 30.4 Å². The highest BCUT2D eigenvalue weighted by atomic mass is 19.2. The van der Waals surface area contributed by atoms with Crippen molar-refractivity contribution in [2.24, 2.45) is 17.8 Å². The van der Waals surface area contributed by atoms with E-state index in [0.717, 1.165) is 23.8 Å². The summed E-state index contributed by atoms with van der Waals surface area (Å²) in [6.45, 7) is 3.92. The van der Waals surface area contributed by atoms with Crippen molar-refractivity contribution < 1.29 is 8.78 Å². The highest BCUT2D eigenvalue weighted by molar-refractivity contribution is 5.75. The van der Waals surface area contributed by atoms with E-state index in [1.54, 1.807) is 19.1 Å². The van der Waals surface area contributed by atoms with E-state index >= 15 is 0 Å². The Labute approximate surface area is 131 Å². The molecule has 0 aliphatic heterocycles. The number of hydrogen-bond donors (Lipinski definition) is 0. The van der Waals surface area contributed by atoms with Gasteiger partial charge in [0, 0.05) is 5.56 Å². The molecule has 1 aromatic rings. The van der Waals surface area contributed by atoms with E-state index in [4.69, 9.17) is 0 Å². The van der Waals surface area contributed by atoms with Crippen LogP contribution in [0.3, 0.4) is 0 Å². The minimum absolute atomic E-state index is 0.357. The summed E-state index contributed by atoms with van der Waals surface area (Å²) in [5.74, 6) is 0.732. The second-order valence-electron chi connectivity index (χ2n) is 7.00. The van der Waals surface area contributed by atoms with Crippen LogP contribution in [-0.2, 0) is 0 Å². The van der Waals surface area contributed by atoms with Crippen LogP contribution in [0.1, 0.15) is 50.2 Å². The lowest BCUT2D eigenvalue weighted by Gasteiger charge is -2.32. The molecule has 1 fully saturated rings. The van der Waals surface area contributed by atoms with Gasteiger partial charge in [-0.3, -0.25) is 0 Å². The van der Waals surface area contributed by atoms with Gasteiger partial charge in [-0.2, -0.15) is 0 Å². The molecule has 0 heterocycles. The Kier molecular flexibility index (Phi) is 4.46.